The predicted octanol–water partition coefficient (Wildman–Crippen LogP) is 3.78. The number of thioether (sulfide) groups is 1. The summed E-state index contributed by atoms with van der Waals surface area (Å²) < 4.78 is 6.43. The summed E-state index contributed by atoms with van der Waals surface area (Å²) in [5.41, 5.74) is -0.0271. The van der Waals surface area contributed by atoms with Crippen LogP contribution in [0.5, 0.6) is 0 Å². The summed E-state index contributed by atoms with van der Waals surface area (Å²) in [7, 11) is -1.00. The van der Waals surface area contributed by atoms with Gasteiger partial charge in [-0.2, -0.15) is 0 Å². The second-order valence-electron chi connectivity index (χ2n) is 8.66. The van der Waals surface area contributed by atoms with Crippen LogP contribution in [0.2, 0.25) is 13.1 Å². The van der Waals surface area contributed by atoms with Gasteiger partial charge in [0.15, 0.2) is 5.78 Å². The Labute approximate surface area is 162 Å². The van der Waals surface area contributed by atoms with Crippen LogP contribution in [-0.4, -0.2) is 38.1 Å². The molecule has 2 aliphatic heterocycles. The molecule has 1 radical (unpaired) electrons. The van der Waals surface area contributed by atoms with Crippen LogP contribution in [-0.2, 0) is 9.22 Å². The first-order valence-corrected chi connectivity index (χ1v) is 12.5. The van der Waals surface area contributed by atoms with E-state index >= 15 is 0 Å². The Bertz CT molecular complexity index is 730. The molecule has 2 heterocycles. The van der Waals surface area contributed by atoms with E-state index in [4.69, 9.17) is 4.43 Å². The lowest BCUT2D eigenvalue weighted by atomic mass is 9.62. The molecule has 1 aromatic rings. The number of hydrogen-bond donors (Lipinski definition) is 1. The van der Waals surface area contributed by atoms with Gasteiger partial charge in [0.05, 0.1) is 23.5 Å². The molecule has 2 aliphatic rings. The largest absolute Gasteiger partial charge is 0.411 e. The number of rotatable bonds is 4. The van der Waals surface area contributed by atoms with E-state index in [1.54, 1.807) is 11.8 Å². The maximum absolute atomic E-state index is 13.1. The summed E-state index contributed by atoms with van der Waals surface area (Å²) in [6.45, 7) is 12.6. The van der Waals surface area contributed by atoms with Crippen molar-refractivity contribution in [1.29, 1.82) is 0 Å². The summed E-state index contributed by atoms with van der Waals surface area (Å²) in [6.07, 6.45) is 0. The molecule has 1 amide bonds. The number of hydrogen-bond acceptors (Lipinski definition) is 4. The van der Waals surface area contributed by atoms with Crippen LogP contribution < -0.4 is 5.32 Å². The third-order valence-electron chi connectivity index (χ3n) is 5.79. The first-order valence-electron chi connectivity index (χ1n) is 9.12. The highest BCUT2D eigenvalue weighted by Gasteiger charge is 2.60. The van der Waals surface area contributed by atoms with E-state index in [1.165, 1.54) is 0 Å². The van der Waals surface area contributed by atoms with Gasteiger partial charge in [0, 0.05) is 16.2 Å². The summed E-state index contributed by atoms with van der Waals surface area (Å²) >= 11 is 1.71. The van der Waals surface area contributed by atoms with Crippen molar-refractivity contribution in [2.75, 3.05) is 5.75 Å². The number of carbonyl (C=O) groups is 2. The molecule has 1 N–H and O–H groups in total. The molecule has 0 aliphatic carbocycles. The number of Topliss-reactive ketones (excluding diaryl/α,β-unsaturated/α-hetero) is 1. The topological polar surface area (TPSA) is 55.4 Å². The fraction of sp³-hybridized carbons (Fsp3) is 0.600. The fourth-order valence-corrected chi connectivity index (χ4v) is 6.45. The normalized spacial score (nSPS) is 28.2. The number of nitrogens with one attached hydrogen (secondary N) is 1. The molecule has 4 atom stereocenters. The molecule has 1 saturated heterocycles. The van der Waals surface area contributed by atoms with Crippen molar-refractivity contribution in [2.24, 2.45) is 17.3 Å². The van der Waals surface area contributed by atoms with Crippen LogP contribution in [0.15, 0.2) is 29.2 Å². The quantitative estimate of drug-likeness (QED) is 0.628. The van der Waals surface area contributed by atoms with Gasteiger partial charge in [-0.1, -0.05) is 39.0 Å². The first-order chi connectivity index (χ1) is 12.1. The van der Waals surface area contributed by atoms with Crippen molar-refractivity contribution < 1.29 is 14.0 Å². The number of benzene rings is 1. The molecule has 0 spiro atoms. The van der Waals surface area contributed by atoms with E-state index in [0.717, 1.165) is 10.5 Å². The maximum Gasteiger partial charge on any atom is 0.228 e. The van der Waals surface area contributed by atoms with Gasteiger partial charge >= 0.3 is 0 Å². The Morgan fingerprint density at radius 1 is 1.15 bits per heavy atom. The smallest absolute Gasteiger partial charge is 0.228 e. The van der Waals surface area contributed by atoms with Crippen LogP contribution >= 0.6 is 11.8 Å². The van der Waals surface area contributed by atoms with Crippen LogP contribution in [0.1, 0.15) is 38.1 Å². The van der Waals surface area contributed by atoms with E-state index in [9.17, 15) is 9.59 Å². The van der Waals surface area contributed by atoms with Crippen LogP contribution in [0.25, 0.3) is 0 Å². The Morgan fingerprint density at radius 3 is 2.38 bits per heavy atom. The molecule has 1 aromatic carbocycles. The van der Waals surface area contributed by atoms with E-state index in [1.807, 2.05) is 24.3 Å². The third kappa shape index (κ3) is 3.16. The number of amides is 1. The Kier molecular flexibility index (Phi) is 5.14. The minimum Gasteiger partial charge on any atom is -0.411 e. The van der Waals surface area contributed by atoms with Crippen LogP contribution in [0.4, 0.5) is 0 Å². The van der Waals surface area contributed by atoms with Gasteiger partial charge in [0.2, 0.25) is 14.9 Å². The summed E-state index contributed by atoms with van der Waals surface area (Å²) in [4.78, 5) is 26.8. The Morgan fingerprint density at radius 2 is 1.81 bits per heavy atom. The number of ketones is 1. The average Bonchev–Trinajstić information content (AvgIpc) is 2.52. The average molecular weight is 391 g/mol. The maximum atomic E-state index is 13.1. The van der Waals surface area contributed by atoms with Gasteiger partial charge in [0.1, 0.15) is 0 Å². The minimum atomic E-state index is -1.00. The second kappa shape index (κ2) is 6.80. The van der Waals surface area contributed by atoms with E-state index in [-0.39, 0.29) is 35.0 Å². The molecule has 141 valence electrons. The zero-order valence-electron chi connectivity index (χ0n) is 16.4. The Hall–Kier alpha value is -1.11. The number of carbonyl (C=O) groups excluding carboxylic acids is 2. The van der Waals surface area contributed by atoms with Gasteiger partial charge < -0.3 is 9.74 Å². The molecule has 0 bridgehead atoms. The molecule has 0 saturated carbocycles. The number of fused-ring (bicyclic) bond motifs is 1. The SMILES string of the molecule is C[Si](C)O[C@](C)([C@H]1C(=O)N[C@H]1[C@H]1CSc2ccccc2C1=O)C(C)(C)C. The standard InChI is InChI=1S/C20H28NO3SSi/c1-19(2,3)20(4,24-26(5)6)15-16(21-18(15)23)13-11-25-14-10-8-7-9-12(14)17(13)22/h7-10,13,15-16H,11H2,1-6H3,(H,21,23)/t13-,15-,16+,20-/m1/s1. The van der Waals surface area contributed by atoms with Crippen molar-refractivity contribution in [3.63, 3.8) is 0 Å². The summed E-state index contributed by atoms with van der Waals surface area (Å²) in [5, 5.41) is 3.03. The van der Waals surface area contributed by atoms with Gasteiger partial charge in [0.25, 0.3) is 0 Å². The highest BCUT2D eigenvalue weighted by Crippen LogP contribution is 2.48. The summed E-state index contributed by atoms with van der Waals surface area (Å²) in [5.74, 6) is 0.346. The highest BCUT2D eigenvalue weighted by atomic mass is 32.2. The van der Waals surface area contributed by atoms with E-state index < -0.39 is 14.6 Å². The number of β-lactam (4-membered cyclic amide) rings is 1. The van der Waals surface area contributed by atoms with Crippen LogP contribution in [0, 0.1) is 17.3 Å². The van der Waals surface area contributed by atoms with E-state index in [2.05, 4.69) is 46.1 Å². The minimum absolute atomic E-state index is 0.00679. The second-order valence-corrected chi connectivity index (χ2v) is 11.7. The van der Waals surface area contributed by atoms with Crippen molar-refractivity contribution in [2.45, 2.75) is 57.3 Å². The van der Waals surface area contributed by atoms with Gasteiger partial charge in [-0.25, -0.2) is 0 Å². The highest BCUT2D eigenvalue weighted by molar-refractivity contribution is 7.99. The molecular weight excluding hydrogens is 362 g/mol. The molecule has 0 unspecified atom stereocenters. The molecule has 1 fully saturated rings. The molecule has 0 aromatic heterocycles. The monoisotopic (exact) mass is 390 g/mol. The third-order valence-corrected chi connectivity index (χ3v) is 7.82. The van der Waals surface area contributed by atoms with Crippen molar-refractivity contribution >= 4 is 32.5 Å². The lowest BCUT2D eigenvalue weighted by Gasteiger charge is -2.56. The van der Waals surface area contributed by atoms with E-state index in [0.29, 0.717) is 5.75 Å². The Balaban J connectivity index is 1.92. The van der Waals surface area contributed by atoms with Gasteiger partial charge in [-0.05, 0) is 31.5 Å². The fourth-order valence-electron chi connectivity index (χ4n) is 3.95. The first kappa shape index (κ1) is 19.6. The van der Waals surface area contributed by atoms with Crippen molar-refractivity contribution in [1.82, 2.24) is 5.32 Å². The van der Waals surface area contributed by atoms with Crippen molar-refractivity contribution in [3.8, 4) is 0 Å². The zero-order chi connectivity index (χ0) is 19.3. The molecule has 6 heteroatoms. The predicted molar refractivity (Wildman–Crippen MR) is 107 cm³/mol. The lowest BCUT2D eigenvalue weighted by molar-refractivity contribution is -0.161. The zero-order valence-corrected chi connectivity index (χ0v) is 18.2. The lowest BCUT2D eigenvalue weighted by Crippen LogP contribution is -2.73. The molecule has 26 heavy (non-hydrogen) atoms. The van der Waals surface area contributed by atoms with Crippen molar-refractivity contribution in [3.05, 3.63) is 29.8 Å². The summed E-state index contributed by atoms with van der Waals surface area (Å²) in [6, 6.07) is 7.59. The molecular formula is C20H28NO3SSi. The molecule has 3 rings (SSSR count). The van der Waals surface area contributed by atoms with Crippen LogP contribution in [0.3, 0.4) is 0 Å². The van der Waals surface area contributed by atoms with Gasteiger partial charge in [-0.3, -0.25) is 9.59 Å². The molecule has 4 nitrogen and oxygen atoms in total. The van der Waals surface area contributed by atoms with Gasteiger partial charge in [-0.15, -0.1) is 11.8 Å².